The smallest absolute Gasteiger partial charge is 0.412 e. The van der Waals surface area contributed by atoms with Crippen molar-refractivity contribution >= 4 is 29.4 Å². The minimum absolute atomic E-state index is 0.120. The van der Waals surface area contributed by atoms with Crippen LogP contribution in [0.4, 0.5) is 10.5 Å². The summed E-state index contributed by atoms with van der Waals surface area (Å²) in [6.07, 6.45) is 0.315. The number of halogens is 1. The van der Waals surface area contributed by atoms with Gasteiger partial charge in [-0.3, -0.25) is 19.5 Å². The van der Waals surface area contributed by atoms with Crippen molar-refractivity contribution in [3.05, 3.63) is 45.8 Å². The SMILES string of the molecule is CC(C)(C)OC(=O)Nc1cnc(-c2cccc(Cl)c2)n(CC(=O)O)c1=O. The molecule has 0 aliphatic heterocycles. The summed E-state index contributed by atoms with van der Waals surface area (Å²) in [5.74, 6) is -1.11. The van der Waals surface area contributed by atoms with Crippen molar-refractivity contribution in [1.29, 1.82) is 0 Å². The number of hydrogen-bond donors (Lipinski definition) is 2. The van der Waals surface area contributed by atoms with E-state index < -0.39 is 29.8 Å². The lowest BCUT2D eigenvalue weighted by Crippen LogP contribution is -2.33. The van der Waals surface area contributed by atoms with E-state index in [0.29, 0.717) is 10.6 Å². The minimum Gasteiger partial charge on any atom is -0.480 e. The fourth-order valence-corrected chi connectivity index (χ4v) is 2.32. The lowest BCUT2D eigenvalue weighted by Gasteiger charge is -2.20. The fourth-order valence-electron chi connectivity index (χ4n) is 2.13. The molecule has 2 N–H and O–H groups in total. The molecule has 0 unspecified atom stereocenters. The number of nitrogens with zero attached hydrogens (tertiary/aromatic N) is 2. The first-order valence-electron chi connectivity index (χ1n) is 7.64. The number of benzene rings is 1. The van der Waals surface area contributed by atoms with Gasteiger partial charge in [-0.05, 0) is 32.9 Å². The van der Waals surface area contributed by atoms with Crippen LogP contribution in [-0.2, 0) is 16.1 Å². The molecule has 0 spiro atoms. The first-order valence-corrected chi connectivity index (χ1v) is 8.02. The summed E-state index contributed by atoms with van der Waals surface area (Å²) >= 11 is 5.95. The zero-order valence-electron chi connectivity index (χ0n) is 14.4. The Balaban J connectivity index is 2.47. The van der Waals surface area contributed by atoms with E-state index in [4.69, 9.17) is 21.4 Å². The number of amides is 1. The monoisotopic (exact) mass is 379 g/mol. The summed E-state index contributed by atoms with van der Waals surface area (Å²) < 4.78 is 6.03. The van der Waals surface area contributed by atoms with Gasteiger partial charge in [0.05, 0.1) is 6.20 Å². The van der Waals surface area contributed by atoms with Crippen LogP contribution in [0, 0.1) is 0 Å². The van der Waals surface area contributed by atoms with E-state index in [-0.39, 0.29) is 11.5 Å². The van der Waals surface area contributed by atoms with Gasteiger partial charge >= 0.3 is 12.1 Å². The van der Waals surface area contributed by atoms with Crippen LogP contribution in [0.25, 0.3) is 11.4 Å². The quantitative estimate of drug-likeness (QED) is 0.844. The highest BCUT2D eigenvalue weighted by atomic mass is 35.5. The Morgan fingerprint density at radius 3 is 2.62 bits per heavy atom. The molecular formula is C17H18ClN3O5. The lowest BCUT2D eigenvalue weighted by molar-refractivity contribution is -0.137. The van der Waals surface area contributed by atoms with Gasteiger partial charge in [-0.1, -0.05) is 23.7 Å². The van der Waals surface area contributed by atoms with Crippen LogP contribution >= 0.6 is 11.6 Å². The second-order valence-electron chi connectivity index (χ2n) is 6.42. The fraction of sp³-hybridized carbons (Fsp3) is 0.294. The van der Waals surface area contributed by atoms with Crippen molar-refractivity contribution in [2.75, 3.05) is 5.32 Å². The van der Waals surface area contributed by atoms with Gasteiger partial charge in [-0.25, -0.2) is 9.78 Å². The van der Waals surface area contributed by atoms with Crippen molar-refractivity contribution in [3.8, 4) is 11.4 Å². The Morgan fingerprint density at radius 1 is 1.35 bits per heavy atom. The predicted molar refractivity (Wildman–Crippen MR) is 96.4 cm³/mol. The molecule has 2 rings (SSSR count). The number of rotatable bonds is 4. The van der Waals surface area contributed by atoms with E-state index in [1.165, 1.54) is 0 Å². The summed E-state index contributed by atoms with van der Waals surface area (Å²) in [5, 5.41) is 11.8. The molecule has 1 aromatic heterocycles. The number of carboxylic acids is 1. The van der Waals surface area contributed by atoms with E-state index in [1.54, 1.807) is 45.0 Å². The van der Waals surface area contributed by atoms with Crippen LogP contribution in [0.2, 0.25) is 5.02 Å². The summed E-state index contributed by atoms with van der Waals surface area (Å²) in [5.41, 5.74) is -1.19. The molecule has 0 atom stereocenters. The van der Waals surface area contributed by atoms with E-state index in [0.717, 1.165) is 10.8 Å². The van der Waals surface area contributed by atoms with E-state index in [1.807, 2.05) is 0 Å². The Labute approximate surface area is 154 Å². The summed E-state index contributed by atoms with van der Waals surface area (Å²) in [4.78, 5) is 39.8. The molecule has 1 aromatic carbocycles. The van der Waals surface area contributed by atoms with E-state index in [2.05, 4.69) is 10.3 Å². The number of anilines is 1. The van der Waals surface area contributed by atoms with Crippen LogP contribution in [0.3, 0.4) is 0 Å². The maximum absolute atomic E-state index is 12.6. The first-order chi connectivity index (χ1) is 12.1. The Kier molecular flexibility index (Phi) is 5.66. The van der Waals surface area contributed by atoms with Gasteiger partial charge in [0.15, 0.2) is 0 Å². The topological polar surface area (TPSA) is 111 Å². The third-order valence-corrected chi connectivity index (χ3v) is 3.29. The molecule has 0 saturated carbocycles. The molecular weight excluding hydrogens is 362 g/mol. The number of carbonyl (C=O) groups excluding carboxylic acids is 1. The first kappa shape index (κ1) is 19.5. The molecule has 2 aromatic rings. The molecule has 8 nitrogen and oxygen atoms in total. The minimum atomic E-state index is -1.23. The summed E-state index contributed by atoms with van der Waals surface area (Å²) in [7, 11) is 0. The molecule has 0 radical (unpaired) electrons. The molecule has 9 heteroatoms. The van der Waals surface area contributed by atoms with Gasteiger partial charge in [0.1, 0.15) is 23.7 Å². The van der Waals surface area contributed by atoms with Crippen LogP contribution in [0.1, 0.15) is 20.8 Å². The highest BCUT2D eigenvalue weighted by Gasteiger charge is 2.20. The number of aromatic nitrogens is 2. The van der Waals surface area contributed by atoms with Crippen LogP contribution in [0.5, 0.6) is 0 Å². The Morgan fingerprint density at radius 2 is 2.04 bits per heavy atom. The average Bonchev–Trinajstić information content (AvgIpc) is 2.49. The van der Waals surface area contributed by atoms with Crippen LogP contribution in [-0.4, -0.2) is 32.3 Å². The van der Waals surface area contributed by atoms with Crippen molar-refractivity contribution in [1.82, 2.24) is 9.55 Å². The maximum atomic E-state index is 12.6. The van der Waals surface area contributed by atoms with Crippen molar-refractivity contribution in [2.45, 2.75) is 32.9 Å². The largest absolute Gasteiger partial charge is 0.480 e. The number of carboxylic acid groups (broad SMARTS) is 1. The van der Waals surface area contributed by atoms with Gasteiger partial charge in [0.2, 0.25) is 0 Å². The number of ether oxygens (including phenoxy) is 1. The molecule has 26 heavy (non-hydrogen) atoms. The van der Waals surface area contributed by atoms with Gasteiger partial charge in [0, 0.05) is 10.6 Å². The van der Waals surface area contributed by atoms with E-state index in [9.17, 15) is 14.4 Å². The second kappa shape index (κ2) is 7.57. The molecule has 0 saturated heterocycles. The number of nitrogens with one attached hydrogen (secondary N) is 1. The molecule has 0 bridgehead atoms. The third-order valence-electron chi connectivity index (χ3n) is 3.06. The predicted octanol–water partition coefficient (Wildman–Crippen LogP) is 3.00. The Hall–Kier alpha value is -2.87. The number of hydrogen-bond acceptors (Lipinski definition) is 5. The molecule has 1 heterocycles. The zero-order valence-corrected chi connectivity index (χ0v) is 15.2. The van der Waals surface area contributed by atoms with Crippen molar-refractivity contribution in [3.63, 3.8) is 0 Å². The second-order valence-corrected chi connectivity index (χ2v) is 6.85. The third kappa shape index (κ3) is 5.06. The Bertz CT molecular complexity index is 902. The molecule has 138 valence electrons. The van der Waals surface area contributed by atoms with Crippen LogP contribution < -0.4 is 10.9 Å². The molecule has 0 fully saturated rings. The molecule has 0 aliphatic rings. The summed E-state index contributed by atoms with van der Waals surface area (Å²) in [6, 6.07) is 6.50. The molecule has 0 aliphatic carbocycles. The van der Waals surface area contributed by atoms with Crippen molar-refractivity contribution in [2.24, 2.45) is 0 Å². The van der Waals surface area contributed by atoms with Crippen molar-refractivity contribution < 1.29 is 19.4 Å². The van der Waals surface area contributed by atoms with E-state index >= 15 is 0 Å². The zero-order chi connectivity index (χ0) is 19.5. The number of aliphatic carboxylic acids is 1. The average molecular weight is 380 g/mol. The highest BCUT2D eigenvalue weighted by Crippen LogP contribution is 2.21. The van der Waals surface area contributed by atoms with Gasteiger partial charge in [-0.2, -0.15) is 0 Å². The highest BCUT2D eigenvalue weighted by molar-refractivity contribution is 6.30. The normalized spacial score (nSPS) is 11.1. The lowest BCUT2D eigenvalue weighted by atomic mass is 10.2. The summed E-state index contributed by atoms with van der Waals surface area (Å²) in [6.45, 7) is 4.40. The van der Waals surface area contributed by atoms with Crippen LogP contribution in [0.15, 0.2) is 35.3 Å². The van der Waals surface area contributed by atoms with Gasteiger partial charge < -0.3 is 9.84 Å². The standard InChI is InChI=1S/C17H18ClN3O5/c1-17(2,3)26-16(25)20-12-8-19-14(10-5-4-6-11(18)7-10)21(15(12)24)9-13(22)23/h4-8H,9H2,1-3H3,(H,20,25)(H,22,23). The van der Waals surface area contributed by atoms with Gasteiger partial charge in [0.25, 0.3) is 5.56 Å². The van der Waals surface area contributed by atoms with Gasteiger partial charge in [-0.15, -0.1) is 0 Å². The maximum Gasteiger partial charge on any atom is 0.412 e. The molecule has 1 amide bonds. The number of carbonyl (C=O) groups is 2.